The maximum absolute atomic E-state index is 2.40. The second-order valence-electron chi connectivity index (χ2n) is 8.59. The van der Waals surface area contributed by atoms with Crippen LogP contribution in [0.15, 0.2) is 0 Å². The Hall–Kier alpha value is 1.34. The summed E-state index contributed by atoms with van der Waals surface area (Å²) >= 11 is 0. The van der Waals surface area contributed by atoms with Crippen LogP contribution in [0.3, 0.4) is 0 Å². The van der Waals surface area contributed by atoms with Crippen LogP contribution in [0.1, 0.15) is 69.2 Å². The summed E-state index contributed by atoms with van der Waals surface area (Å²) in [6.45, 7) is 24.0. The van der Waals surface area contributed by atoms with E-state index in [-0.39, 0.29) is 40.4 Å². The van der Waals surface area contributed by atoms with Crippen molar-refractivity contribution in [1.82, 2.24) is 0 Å². The summed E-state index contributed by atoms with van der Waals surface area (Å²) < 4.78 is 0. The van der Waals surface area contributed by atoms with E-state index in [2.05, 4.69) is 69.2 Å². The van der Waals surface area contributed by atoms with Crippen LogP contribution in [-0.4, -0.2) is 0 Å². The molecule has 2 aliphatic carbocycles. The SMILES string of the molecule is CC1C(C)C(C)C(C)C1C.CC1C(C)C(C)C(C)C1C.[Sm]. The Morgan fingerprint density at radius 1 is 0.238 bits per heavy atom. The van der Waals surface area contributed by atoms with Crippen molar-refractivity contribution >= 4 is 0 Å². The monoisotopic (exact) mass is 432 g/mol. The van der Waals surface area contributed by atoms with Crippen LogP contribution >= 0.6 is 0 Å². The van der Waals surface area contributed by atoms with Gasteiger partial charge in [-0.05, 0) is 59.2 Å². The third-order valence-corrected chi connectivity index (χ3v) is 8.29. The number of hydrogen-bond donors (Lipinski definition) is 0. The molecule has 2 rings (SSSR count). The molecule has 2 saturated carbocycles. The van der Waals surface area contributed by atoms with Crippen LogP contribution in [-0.2, 0) is 0 Å². The first kappa shape index (κ1) is 22.3. The average Bonchev–Trinajstić information content (AvgIpc) is 2.71. The van der Waals surface area contributed by atoms with E-state index < -0.39 is 0 Å². The normalized spacial score (nSPS) is 52.9. The van der Waals surface area contributed by atoms with Gasteiger partial charge in [0, 0.05) is 40.4 Å². The fourth-order valence-corrected chi connectivity index (χ4v) is 4.79. The van der Waals surface area contributed by atoms with Gasteiger partial charge in [-0.3, -0.25) is 0 Å². The topological polar surface area (TPSA) is 0 Å². The molecule has 21 heavy (non-hydrogen) atoms. The summed E-state index contributed by atoms with van der Waals surface area (Å²) in [7, 11) is 0. The Balaban J connectivity index is 0.000000364. The molecular weight excluding hydrogens is 391 g/mol. The predicted molar refractivity (Wildman–Crippen MR) is 91.6 cm³/mol. The van der Waals surface area contributed by atoms with E-state index in [4.69, 9.17) is 0 Å². The van der Waals surface area contributed by atoms with Gasteiger partial charge in [0.05, 0.1) is 0 Å². The maximum Gasteiger partial charge on any atom is 0 e. The number of hydrogen-bond acceptors (Lipinski definition) is 0. The summed E-state index contributed by atoms with van der Waals surface area (Å²) in [6, 6.07) is 0. The fraction of sp³-hybridized carbons (Fsp3) is 1.00. The molecule has 0 heterocycles. The summed E-state index contributed by atoms with van der Waals surface area (Å²) in [5, 5.41) is 0. The van der Waals surface area contributed by atoms with E-state index in [0.717, 1.165) is 59.2 Å². The Morgan fingerprint density at radius 2 is 0.286 bits per heavy atom. The fourth-order valence-electron chi connectivity index (χ4n) is 4.79. The van der Waals surface area contributed by atoms with Crippen molar-refractivity contribution < 1.29 is 40.4 Å². The van der Waals surface area contributed by atoms with Crippen molar-refractivity contribution in [2.75, 3.05) is 0 Å². The molecule has 2 aliphatic rings. The Bertz CT molecular complexity index is 181. The molecule has 0 aliphatic heterocycles. The van der Waals surface area contributed by atoms with Gasteiger partial charge in [0.25, 0.3) is 0 Å². The van der Waals surface area contributed by atoms with E-state index in [1.54, 1.807) is 0 Å². The van der Waals surface area contributed by atoms with Crippen LogP contribution in [0.2, 0.25) is 0 Å². The second-order valence-corrected chi connectivity index (χ2v) is 8.59. The van der Waals surface area contributed by atoms with E-state index in [9.17, 15) is 0 Å². The van der Waals surface area contributed by atoms with Gasteiger partial charge in [-0.25, -0.2) is 0 Å². The van der Waals surface area contributed by atoms with Gasteiger partial charge < -0.3 is 0 Å². The zero-order chi connectivity index (χ0) is 15.8. The Morgan fingerprint density at radius 3 is 0.333 bits per heavy atom. The first-order valence-electron chi connectivity index (χ1n) is 9.11. The van der Waals surface area contributed by atoms with Gasteiger partial charge in [-0.2, -0.15) is 0 Å². The molecule has 0 aromatic rings. The van der Waals surface area contributed by atoms with Gasteiger partial charge >= 0.3 is 0 Å². The molecule has 0 bridgehead atoms. The molecular formula is C20H40Sm. The van der Waals surface area contributed by atoms with Crippen molar-refractivity contribution in [3.8, 4) is 0 Å². The van der Waals surface area contributed by atoms with E-state index in [0.29, 0.717) is 0 Å². The molecule has 0 aromatic heterocycles. The zero-order valence-corrected chi connectivity index (χ0v) is 18.8. The first-order chi connectivity index (χ1) is 9.11. The van der Waals surface area contributed by atoms with Gasteiger partial charge in [0.15, 0.2) is 0 Å². The predicted octanol–water partition coefficient (Wildman–Crippen LogP) is 6.36. The van der Waals surface area contributed by atoms with Crippen molar-refractivity contribution in [2.45, 2.75) is 69.2 Å². The van der Waals surface area contributed by atoms with Crippen LogP contribution in [0.25, 0.3) is 0 Å². The van der Waals surface area contributed by atoms with Crippen molar-refractivity contribution in [3.63, 3.8) is 0 Å². The average molecular weight is 431 g/mol. The molecule has 0 N–H and O–H groups in total. The first-order valence-corrected chi connectivity index (χ1v) is 9.11. The molecule has 1 heteroatoms. The molecule has 0 aromatic carbocycles. The Kier molecular flexibility index (Phi) is 9.56. The van der Waals surface area contributed by atoms with E-state index in [1.807, 2.05) is 0 Å². The third kappa shape index (κ3) is 4.67. The molecule has 0 saturated heterocycles. The molecule has 126 valence electrons. The maximum atomic E-state index is 2.40. The smallest absolute Gasteiger partial charge is 0 e. The minimum absolute atomic E-state index is 0. The van der Waals surface area contributed by atoms with Gasteiger partial charge in [0.1, 0.15) is 0 Å². The van der Waals surface area contributed by atoms with Crippen LogP contribution in [0.5, 0.6) is 0 Å². The molecule has 0 spiro atoms. The molecule has 0 unspecified atom stereocenters. The summed E-state index contributed by atoms with van der Waals surface area (Å²) in [4.78, 5) is 0. The van der Waals surface area contributed by atoms with Gasteiger partial charge in [0.2, 0.25) is 0 Å². The number of rotatable bonds is 0. The molecule has 2 fully saturated rings. The molecule has 0 nitrogen and oxygen atoms in total. The minimum atomic E-state index is 0. The standard InChI is InChI=1S/2C10H20.Sm/c2*1-6-7(2)9(4)10(5)8(6)3;/h2*6-10H,1-5H3;. The Labute approximate surface area is 167 Å². The van der Waals surface area contributed by atoms with Crippen LogP contribution in [0.4, 0.5) is 0 Å². The summed E-state index contributed by atoms with van der Waals surface area (Å²) in [5.41, 5.74) is 0. The zero-order valence-electron chi connectivity index (χ0n) is 16.2. The molecule has 0 atom stereocenters. The summed E-state index contributed by atoms with van der Waals surface area (Å²) in [5.74, 6) is 9.35. The van der Waals surface area contributed by atoms with Gasteiger partial charge in [-0.1, -0.05) is 69.2 Å². The quantitative estimate of drug-likeness (QED) is 0.419. The van der Waals surface area contributed by atoms with Crippen LogP contribution < -0.4 is 0 Å². The minimum Gasteiger partial charge on any atom is -0.0620 e. The second kappa shape index (κ2) is 8.99. The van der Waals surface area contributed by atoms with Crippen molar-refractivity contribution in [3.05, 3.63) is 0 Å². The van der Waals surface area contributed by atoms with Crippen LogP contribution in [0, 0.1) is 99.6 Å². The molecule has 0 amide bonds. The van der Waals surface area contributed by atoms with E-state index in [1.165, 1.54) is 0 Å². The van der Waals surface area contributed by atoms with Crippen molar-refractivity contribution in [2.24, 2.45) is 59.2 Å². The van der Waals surface area contributed by atoms with Crippen molar-refractivity contribution in [1.29, 1.82) is 0 Å². The summed E-state index contributed by atoms with van der Waals surface area (Å²) in [6.07, 6.45) is 0. The largest absolute Gasteiger partial charge is 0.0620 e. The van der Waals surface area contributed by atoms with E-state index >= 15 is 0 Å². The van der Waals surface area contributed by atoms with Gasteiger partial charge in [-0.15, -0.1) is 0 Å². The third-order valence-electron chi connectivity index (χ3n) is 8.29. The molecule has 0 radical (unpaired) electrons.